The molecule has 0 aliphatic carbocycles. The van der Waals surface area contributed by atoms with Crippen LogP contribution in [0.2, 0.25) is 0 Å². The normalized spacial score (nSPS) is 10.5. The van der Waals surface area contributed by atoms with Gasteiger partial charge in [0, 0.05) is 10.3 Å². The van der Waals surface area contributed by atoms with Crippen molar-refractivity contribution in [2.45, 2.75) is 4.90 Å². The van der Waals surface area contributed by atoms with E-state index in [1.54, 1.807) is 6.20 Å². The molecule has 0 bridgehead atoms. The fourth-order valence-corrected chi connectivity index (χ4v) is 1.14. The third-order valence-electron chi connectivity index (χ3n) is 1.42. The highest BCUT2D eigenvalue weighted by molar-refractivity contribution is 7.80. The summed E-state index contributed by atoms with van der Waals surface area (Å²) in [4.78, 5) is 0.967. The van der Waals surface area contributed by atoms with E-state index in [2.05, 4.69) is 22.8 Å². The zero-order chi connectivity index (χ0) is 6.97. The van der Waals surface area contributed by atoms with E-state index >= 15 is 0 Å². The van der Waals surface area contributed by atoms with E-state index in [1.807, 2.05) is 18.2 Å². The molecule has 0 radical (unpaired) electrons. The Bertz CT molecular complexity index is 353. The Morgan fingerprint density at radius 3 is 3.20 bits per heavy atom. The van der Waals surface area contributed by atoms with Crippen molar-refractivity contribution >= 4 is 23.5 Å². The fraction of sp³-hybridized carbons (Fsp3) is 0. The smallest absolute Gasteiger partial charge is 0.0651 e. The summed E-state index contributed by atoms with van der Waals surface area (Å²) in [6, 6.07) is 5.87. The standard InChI is InChI=1S/C7H6N2S/c10-6-1-2-7-5(3-6)4-8-9-7/h1-4,10H,(H,8,9). The second kappa shape index (κ2) is 2.02. The lowest BCUT2D eigenvalue weighted by molar-refractivity contribution is 1.12. The average molecular weight is 150 g/mol. The minimum Gasteiger partial charge on any atom is -0.278 e. The van der Waals surface area contributed by atoms with E-state index in [1.165, 1.54) is 0 Å². The lowest BCUT2D eigenvalue weighted by Crippen LogP contribution is -1.67. The van der Waals surface area contributed by atoms with Gasteiger partial charge in [-0.05, 0) is 18.2 Å². The van der Waals surface area contributed by atoms with Crippen molar-refractivity contribution in [3.05, 3.63) is 24.4 Å². The second-order valence-corrected chi connectivity index (χ2v) is 2.66. The number of rotatable bonds is 0. The molecule has 0 amide bonds. The zero-order valence-corrected chi connectivity index (χ0v) is 6.10. The topological polar surface area (TPSA) is 28.7 Å². The van der Waals surface area contributed by atoms with Crippen LogP contribution in [0.5, 0.6) is 0 Å². The van der Waals surface area contributed by atoms with E-state index in [9.17, 15) is 0 Å². The summed E-state index contributed by atoms with van der Waals surface area (Å²) in [5, 5.41) is 7.85. The number of hydrogen-bond acceptors (Lipinski definition) is 2. The van der Waals surface area contributed by atoms with Gasteiger partial charge in [0.1, 0.15) is 0 Å². The van der Waals surface area contributed by atoms with Crippen molar-refractivity contribution < 1.29 is 0 Å². The predicted molar refractivity (Wildman–Crippen MR) is 43.3 cm³/mol. The highest BCUT2D eigenvalue weighted by atomic mass is 32.1. The van der Waals surface area contributed by atoms with Crippen molar-refractivity contribution in [1.82, 2.24) is 10.2 Å². The van der Waals surface area contributed by atoms with Crippen LogP contribution in [0.4, 0.5) is 0 Å². The van der Waals surface area contributed by atoms with Crippen molar-refractivity contribution in [3.8, 4) is 0 Å². The van der Waals surface area contributed by atoms with Gasteiger partial charge in [-0.1, -0.05) is 0 Å². The number of thiol groups is 1. The van der Waals surface area contributed by atoms with Crippen LogP contribution in [-0.2, 0) is 0 Å². The third-order valence-corrected chi connectivity index (χ3v) is 1.70. The molecular formula is C7H6N2S. The lowest BCUT2D eigenvalue weighted by atomic mass is 10.3. The van der Waals surface area contributed by atoms with Crippen LogP contribution in [0, 0.1) is 0 Å². The Labute approximate surface area is 63.7 Å². The number of nitrogens with zero attached hydrogens (tertiary/aromatic N) is 1. The van der Waals surface area contributed by atoms with Crippen LogP contribution in [0.15, 0.2) is 29.3 Å². The van der Waals surface area contributed by atoms with Crippen LogP contribution < -0.4 is 0 Å². The molecule has 10 heavy (non-hydrogen) atoms. The lowest BCUT2D eigenvalue weighted by Gasteiger charge is -1.88. The number of aromatic nitrogens is 2. The maximum atomic E-state index is 4.19. The van der Waals surface area contributed by atoms with E-state index < -0.39 is 0 Å². The van der Waals surface area contributed by atoms with Crippen LogP contribution in [0.1, 0.15) is 0 Å². The van der Waals surface area contributed by atoms with Crippen LogP contribution >= 0.6 is 12.6 Å². The molecule has 0 atom stereocenters. The molecule has 1 aromatic heterocycles. The maximum absolute atomic E-state index is 4.19. The summed E-state index contributed by atoms with van der Waals surface area (Å²) >= 11 is 4.19. The second-order valence-electron chi connectivity index (χ2n) is 2.14. The Hall–Kier alpha value is -0.960. The largest absolute Gasteiger partial charge is 0.278 e. The average Bonchev–Trinajstić information content (AvgIpc) is 2.33. The van der Waals surface area contributed by atoms with Crippen molar-refractivity contribution in [2.24, 2.45) is 0 Å². The fourth-order valence-electron chi connectivity index (χ4n) is 0.930. The number of nitrogens with one attached hydrogen (secondary N) is 1. The molecule has 0 spiro atoms. The molecule has 50 valence electrons. The summed E-state index contributed by atoms with van der Waals surface area (Å²) < 4.78 is 0. The SMILES string of the molecule is Sc1ccc2[nH]ncc2c1. The van der Waals surface area contributed by atoms with Gasteiger partial charge in [-0.2, -0.15) is 5.10 Å². The molecule has 1 N–H and O–H groups in total. The van der Waals surface area contributed by atoms with Gasteiger partial charge in [0.05, 0.1) is 11.7 Å². The predicted octanol–water partition coefficient (Wildman–Crippen LogP) is 1.85. The molecular weight excluding hydrogens is 144 g/mol. The summed E-state index contributed by atoms with van der Waals surface area (Å²) in [7, 11) is 0. The molecule has 0 aliphatic heterocycles. The minimum absolute atomic E-state index is 0.967. The van der Waals surface area contributed by atoms with Gasteiger partial charge in [0.15, 0.2) is 0 Å². The molecule has 2 nitrogen and oxygen atoms in total. The van der Waals surface area contributed by atoms with Gasteiger partial charge in [0.25, 0.3) is 0 Å². The van der Waals surface area contributed by atoms with Crippen LogP contribution in [0.25, 0.3) is 10.9 Å². The summed E-state index contributed by atoms with van der Waals surface area (Å²) in [5.41, 5.74) is 1.05. The van der Waals surface area contributed by atoms with Crippen molar-refractivity contribution in [2.75, 3.05) is 0 Å². The first kappa shape index (κ1) is 5.80. The number of hydrogen-bond donors (Lipinski definition) is 2. The van der Waals surface area contributed by atoms with Gasteiger partial charge in [-0.25, -0.2) is 0 Å². The Kier molecular flexibility index (Phi) is 1.17. The Morgan fingerprint density at radius 2 is 2.30 bits per heavy atom. The molecule has 0 saturated carbocycles. The number of fused-ring (bicyclic) bond motifs is 1. The van der Waals surface area contributed by atoms with Crippen LogP contribution in [-0.4, -0.2) is 10.2 Å². The number of benzene rings is 1. The Balaban J connectivity index is 2.86. The molecule has 0 saturated heterocycles. The first-order valence-corrected chi connectivity index (χ1v) is 3.43. The summed E-state index contributed by atoms with van der Waals surface area (Å²) in [6.07, 6.45) is 1.79. The monoisotopic (exact) mass is 150 g/mol. The highest BCUT2D eigenvalue weighted by Gasteiger charge is 1.92. The Morgan fingerprint density at radius 1 is 1.40 bits per heavy atom. The van der Waals surface area contributed by atoms with Crippen molar-refractivity contribution in [3.63, 3.8) is 0 Å². The number of aromatic amines is 1. The highest BCUT2D eigenvalue weighted by Crippen LogP contribution is 2.14. The first-order valence-electron chi connectivity index (χ1n) is 2.98. The molecule has 2 rings (SSSR count). The zero-order valence-electron chi connectivity index (χ0n) is 5.20. The molecule has 1 heterocycles. The van der Waals surface area contributed by atoms with Gasteiger partial charge >= 0.3 is 0 Å². The maximum Gasteiger partial charge on any atom is 0.0651 e. The summed E-state index contributed by atoms with van der Waals surface area (Å²) in [5.74, 6) is 0. The van der Waals surface area contributed by atoms with Crippen LogP contribution in [0.3, 0.4) is 0 Å². The molecule has 0 fully saturated rings. The molecule has 1 aromatic carbocycles. The molecule has 2 aromatic rings. The quantitative estimate of drug-likeness (QED) is 0.551. The molecule has 0 aliphatic rings. The number of H-pyrrole nitrogens is 1. The molecule has 3 heteroatoms. The third kappa shape index (κ3) is 0.789. The summed E-state index contributed by atoms with van der Waals surface area (Å²) in [6.45, 7) is 0. The van der Waals surface area contributed by atoms with E-state index in [-0.39, 0.29) is 0 Å². The van der Waals surface area contributed by atoms with Gasteiger partial charge in [0.2, 0.25) is 0 Å². The first-order chi connectivity index (χ1) is 4.86. The minimum atomic E-state index is 0.967. The van der Waals surface area contributed by atoms with Gasteiger partial charge in [-0.3, -0.25) is 5.10 Å². The van der Waals surface area contributed by atoms with E-state index in [4.69, 9.17) is 0 Å². The molecule has 0 unspecified atom stereocenters. The van der Waals surface area contributed by atoms with Gasteiger partial charge < -0.3 is 0 Å². The van der Waals surface area contributed by atoms with E-state index in [0.717, 1.165) is 15.8 Å². The van der Waals surface area contributed by atoms with E-state index in [0.29, 0.717) is 0 Å². The van der Waals surface area contributed by atoms with Crippen molar-refractivity contribution in [1.29, 1.82) is 0 Å². The van der Waals surface area contributed by atoms with Gasteiger partial charge in [-0.15, -0.1) is 12.6 Å².